The molecule has 1 atom stereocenters. The molecule has 0 saturated heterocycles. The van der Waals surface area contributed by atoms with Crippen molar-refractivity contribution in [1.82, 2.24) is 10.2 Å². The van der Waals surface area contributed by atoms with Gasteiger partial charge in [-0.1, -0.05) is 53.9 Å². The molecule has 0 aromatic heterocycles. The fraction of sp³-hybridized carbons (Fsp3) is 1.00. The predicted molar refractivity (Wildman–Crippen MR) is 81.0 cm³/mol. The lowest BCUT2D eigenvalue weighted by atomic mass is 9.91. The van der Waals surface area contributed by atoms with Crippen molar-refractivity contribution in [3.63, 3.8) is 0 Å². The second-order valence-corrected chi connectivity index (χ2v) is 6.50. The quantitative estimate of drug-likeness (QED) is 0.746. The molecule has 1 fully saturated rings. The molecule has 0 aliphatic heterocycles. The molecule has 1 aliphatic rings. The molecule has 1 saturated carbocycles. The summed E-state index contributed by atoms with van der Waals surface area (Å²) in [7, 11) is 0. The number of hydrogen-bond acceptors (Lipinski definition) is 2. The highest BCUT2D eigenvalue weighted by Crippen LogP contribution is 2.26. The maximum Gasteiger partial charge on any atom is 0.0246 e. The minimum atomic E-state index is 0.594. The number of rotatable bonds is 7. The molecule has 108 valence electrons. The molecule has 2 nitrogen and oxygen atoms in total. The Bertz CT molecular complexity index is 207. The van der Waals surface area contributed by atoms with Crippen molar-refractivity contribution in [2.24, 2.45) is 5.92 Å². The van der Waals surface area contributed by atoms with Crippen molar-refractivity contribution in [3.05, 3.63) is 0 Å². The number of nitrogens with one attached hydrogen (secondary N) is 1. The Labute approximate surface area is 115 Å². The van der Waals surface area contributed by atoms with Crippen LogP contribution < -0.4 is 5.32 Å². The molecule has 1 aliphatic carbocycles. The van der Waals surface area contributed by atoms with E-state index in [0.717, 1.165) is 18.5 Å². The predicted octanol–water partition coefficient (Wildman–Crippen LogP) is 3.66. The lowest BCUT2D eigenvalue weighted by molar-refractivity contribution is 0.0816. The van der Waals surface area contributed by atoms with Gasteiger partial charge in [-0.05, 0) is 25.3 Å². The first-order valence-electron chi connectivity index (χ1n) is 8.05. The van der Waals surface area contributed by atoms with E-state index in [0.29, 0.717) is 12.1 Å². The van der Waals surface area contributed by atoms with E-state index >= 15 is 0 Å². The number of nitrogens with zero attached hydrogens (tertiary/aromatic N) is 1. The van der Waals surface area contributed by atoms with Gasteiger partial charge in [0.2, 0.25) is 0 Å². The van der Waals surface area contributed by atoms with Gasteiger partial charge >= 0.3 is 0 Å². The molecule has 0 aromatic carbocycles. The third kappa shape index (κ3) is 4.89. The Morgan fingerprint density at radius 1 is 1.06 bits per heavy atom. The summed E-state index contributed by atoms with van der Waals surface area (Å²) >= 11 is 0. The third-order valence-corrected chi connectivity index (χ3v) is 4.34. The van der Waals surface area contributed by atoms with Gasteiger partial charge in [-0.2, -0.15) is 0 Å². The number of hydrogen-bond donors (Lipinski definition) is 1. The van der Waals surface area contributed by atoms with Gasteiger partial charge in [0.15, 0.2) is 0 Å². The Morgan fingerprint density at radius 3 is 2.11 bits per heavy atom. The zero-order valence-corrected chi connectivity index (χ0v) is 13.2. The Morgan fingerprint density at radius 2 is 1.67 bits per heavy atom. The topological polar surface area (TPSA) is 15.3 Å². The normalized spacial score (nSPS) is 20.0. The van der Waals surface area contributed by atoms with Gasteiger partial charge < -0.3 is 5.32 Å². The SMILES string of the molecule is CCN(C1CCCCC1)C(CNC(C)C)C(C)C. The summed E-state index contributed by atoms with van der Waals surface area (Å²) in [5.41, 5.74) is 0. The molecule has 0 amide bonds. The molecule has 0 spiro atoms. The van der Waals surface area contributed by atoms with Crippen LogP contribution in [0.2, 0.25) is 0 Å². The minimum Gasteiger partial charge on any atom is -0.313 e. The standard InChI is InChI=1S/C16H34N2/c1-6-18(15-10-8-7-9-11-15)16(13(2)3)12-17-14(4)5/h13-17H,6-12H2,1-5H3. The molecule has 18 heavy (non-hydrogen) atoms. The average Bonchev–Trinajstić information content (AvgIpc) is 2.34. The van der Waals surface area contributed by atoms with Crippen LogP contribution in [0.15, 0.2) is 0 Å². The van der Waals surface area contributed by atoms with Gasteiger partial charge in [-0.3, -0.25) is 4.90 Å². The molecular formula is C16H34N2. The summed E-state index contributed by atoms with van der Waals surface area (Å²) in [6.07, 6.45) is 7.15. The maximum absolute atomic E-state index is 3.64. The highest BCUT2D eigenvalue weighted by Gasteiger charge is 2.28. The van der Waals surface area contributed by atoms with E-state index in [4.69, 9.17) is 0 Å². The van der Waals surface area contributed by atoms with E-state index in [1.54, 1.807) is 0 Å². The molecule has 1 unspecified atom stereocenters. The zero-order chi connectivity index (χ0) is 13.5. The first-order chi connectivity index (χ1) is 8.56. The van der Waals surface area contributed by atoms with Crippen molar-refractivity contribution < 1.29 is 0 Å². The lowest BCUT2D eigenvalue weighted by Crippen LogP contribution is -2.51. The second kappa shape index (κ2) is 8.16. The Balaban J connectivity index is 2.60. The average molecular weight is 254 g/mol. The lowest BCUT2D eigenvalue weighted by Gasteiger charge is -2.41. The molecule has 1 N–H and O–H groups in total. The second-order valence-electron chi connectivity index (χ2n) is 6.50. The van der Waals surface area contributed by atoms with Crippen LogP contribution in [0.25, 0.3) is 0 Å². The van der Waals surface area contributed by atoms with E-state index < -0.39 is 0 Å². The van der Waals surface area contributed by atoms with Gasteiger partial charge in [0, 0.05) is 24.7 Å². The van der Waals surface area contributed by atoms with Gasteiger partial charge in [-0.25, -0.2) is 0 Å². The molecule has 0 radical (unpaired) electrons. The van der Waals surface area contributed by atoms with Gasteiger partial charge in [0.25, 0.3) is 0 Å². The fourth-order valence-electron chi connectivity index (χ4n) is 3.27. The first kappa shape index (κ1) is 16.0. The van der Waals surface area contributed by atoms with Crippen LogP contribution in [0, 0.1) is 5.92 Å². The summed E-state index contributed by atoms with van der Waals surface area (Å²) in [5, 5.41) is 3.64. The molecule has 2 heteroatoms. The van der Waals surface area contributed by atoms with E-state index in [2.05, 4.69) is 44.8 Å². The molecular weight excluding hydrogens is 220 g/mol. The van der Waals surface area contributed by atoms with Crippen LogP contribution in [0.1, 0.15) is 66.7 Å². The van der Waals surface area contributed by atoms with Gasteiger partial charge in [-0.15, -0.1) is 0 Å². The minimum absolute atomic E-state index is 0.594. The monoisotopic (exact) mass is 254 g/mol. The van der Waals surface area contributed by atoms with Crippen molar-refractivity contribution in [3.8, 4) is 0 Å². The molecule has 0 bridgehead atoms. The summed E-state index contributed by atoms with van der Waals surface area (Å²) in [5.74, 6) is 0.734. The molecule has 1 rings (SSSR count). The van der Waals surface area contributed by atoms with Crippen LogP contribution in [-0.4, -0.2) is 36.1 Å². The number of likely N-dealkylation sites (N-methyl/N-ethyl adjacent to an activating group) is 1. The van der Waals surface area contributed by atoms with Crippen LogP contribution >= 0.6 is 0 Å². The third-order valence-electron chi connectivity index (χ3n) is 4.34. The van der Waals surface area contributed by atoms with Crippen LogP contribution in [-0.2, 0) is 0 Å². The Hall–Kier alpha value is -0.0800. The Kier molecular flexibility index (Phi) is 7.25. The molecule has 0 aromatic rings. The van der Waals surface area contributed by atoms with Crippen LogP contribution in [0.4, 0.5) is 0 Å². The smallest absolute Gasteiger partial charge is 0.0246 e. The van der Waals surface area contributed by atoms with E-state index in [-0.39, 0.29) is 0 Å². The first-order valence-corrected chi connectivity index (χ1v) is 8.05. The maximum atomic E-state index is 3.64. The highest BCUT2D eigenvalue weighted by molar-refractivity contribution is 4.84. The van der Waals surface area contributed by atoms with Gasteiger partial charge in [0.05, 0.1) is 0 Å². The summed E-state index contributed by atoms with van der Waals surface area (Å²) < 4.78 is 0. The van der Waals surface area contributed by atoms with Crippen molar-refractivity contribution in [2.75, 3.05) is 13.1 Å². The summed E-state index contributed by atoms with van der Waals surface area (Å²) in [6.45, 7) is 13.9. The zero-order valence-electron chi connectivity index (χ0n) is 13.2. The van der Waals surface area contributed by atoms with E-state index in [1.165, 1.54) is 38.6 Å². The highest BCUT2D eigenvalue weighted by atomic mass is 15.2. The van der Waals surface area contributed by atoms with Crippen molar-refractivity contribution in [2.45, 2.75) is 84.8 Å². The molecule has 0 heterocycles. The summed E-state index contributed by atoms with van der Waals surface area (Å²) in [4.78, 5) is 2.78. The van der Waals surface area contributed by atoms with Crippen LogP contribution in [0.5, 0.6) is 0 Å². The van der Waals surface area contributed by atoms with E-state index in [9.17, 15) is 0 Å². The fourth-order valence-corrected chi connectivity index (χ4v) is 3.27. The van der Waals surface area contributed by atoms with Crippen molar-refractivity contribution in [1.29, 1.82) is 0 Å². The van der Waals surface area contributed by atoms with Crippen LogP contribution in [0.3, 0.4) is 0 Å². The van der Waals surface area contributed by atoms with Crippen molar-refractivity contribution >= 4 is 0 Å². The summed E-state index contributed by atoms with van der Waals surface area (Å²) in [6, 6.07) is 2.13. The van der Waals surface area contributed by atoms with E-state index in [1.807, 2.05) is 0 Å². The van der Waals surface area contributed by atoms with Gasteiger partial charge in [0.1, 0.15) is 0 Å². The largest absolute Gasteiger partial charge is 0.313 e.